The number of carbonyl (C=O) groups is 1. The Bertz CT molecular complexity index is 375. The maximum atomic E-state index is 11.6. The summed E-state index contributed by atoms with van der Waals surface area (Å²) in [5.74, 6) is -0.285. The first kappa shape index (κ1) is 14.0. The minimum Gasteiger partial charge on any atom is -0.440 e. The van der Waals surface area contributed by atoms with Gasteiger partial charge in [0.2, 0.25) is 0 Å². The van der Waals surface area contributed by atoms with E-state index in [2.05, 4.69) is 5.32 Å². The SMILES string of the molecule is COCCC(C)(O)CNC(=O)c1ccc(Cl)o1. The van der Waals surface area contributed by atoms with Crippen molar-refractivity contribution >= 4 is 17.5 Å². The maximum Gasteiger partial charge on any atom is 0.287 e. The van der Waals surface area contributed by atoms with Crippen LogP contribution < -0.4 is 5.32 Å². The number of methoxy groups -OCH3 is 1. The first-order chi connectivity index (χ1) is 7.94. The van der Waals surface area contributed by atoms with Gasteiger partial charge >= 0.3 is 0 Å². The summed E-state index contributed by atoms with van der Waals surface area (Å²) in [6.45, 7) is 2.17. The molecule has 1 amide bonds. The molecule has 1 atom stereocenters. The van der Waals surface area contributed by atoms with E-state index in [1.54, 1.807) is 14.0 Å². The van der Waals surface area contributed by atoms with Crippen molar-refractivity contribution in [3.8, 4) is 0 Å². The van der Waals surface area contributed by atoms with E-state index in [0.717, 1.165) is 0 Å². The lowest BCUT2D eigenvalue weighted by molar-refractivity contribution is 0.0240. The van der Waals surface area contributed by atoms with Crippen molar-refractivity contribution < 1.29 is 19.1 Å². The number of amides is 1. The molecule has 2 N–H and O–H groups in total. The van der Waals surface area contributed by atoms with Crippen LogP contribution in [0.1, 0.15) is 23.9 Å². The third-order valence-electron chi connectivity index (χ3n) is 2.27. The lowest BCUT2D eigenvalue weighted by atomic mass is 10.0. The number of ether oxygens (including phenoxy) is 1. The molecule has 96 valence electrons. The lowest BCUT2D eigenvalue weighted by Crippen LogP contribution is -2.41. The van der Waals surface area contributed by atoms with E-state index >= 15 is 0 Å². The highest BCUT2D eigenvalue weighted by Crippen LogP contribution is 2.13. The highest BCUT2D eigenvalue weighted by atomic mass is 35.5. The first-order valence-electron chi connectivity index (χ1n) is 5.19. The fourth-order valence-electron chi connectivity index (χ4n) is 1.20. The van der Waals surface area contributed by atoms with Crippen molar-refractivity contribution in [2.75, 3.05) is 20.3 Å². The van der Waals surface area contributed by atoms with Crippen LogP contribution in [-0.4, -0.2) is 36.9 Å². The molecule has 0 radical (unpaired) electrons. The quantitative estimate of drug-likeness (QED) is 0.813. The van der Waals surface area contributed by atoms with Gasteiger partial charge < -0.3 is 19.6 Å². The van der Waals surface area contributed by atoms with Crippen LogP contribution in [0.3, 0.4) is 0 Å². The zero-order chi connectivity index (χ0) is 12.9. The molecule has 0 aliphatic carbocycles. The Morgan fingerprint density at radius 2 is 2.35 bits per heavy atom. The van der Waals surface area contributed by atoms with Gasteiger partial charge in [-0.1, -0.05) is 0 Å². The average Bonchev–Trinajstić information content (AvgIpc) is 2.70. The van der Waals surface area contributed by atoms with Gasteiger partial charge in [0.05, 0.1) is 5.60 Å². The van der Waals surface area contributed by atoms with Gasteiger partial charge in [-0.3, -0.25) is 4.79 Å². The molecule has 0 bridgehead atoms. The molecule has 0 aromatic carbocycles. The second-order valence-electron chi connectivity index (χ2n) is 4.03. The monoisotopic (exact) mass is 261 g/mol. The van der Waals surface area contributed by atoms with E-state index < -0.39 is 11.5 Å². The Balaban J connectivity index is 2.42. The van der Waals surface area contributed by atoms with Gasteiger partial charge in [0.15, 0.2) is 11.0 Å². The molecule has 6 heteroatoms. The molecular formula is C11H16ClNO4. The fraction of sp³-hybridized carbons (Fsp3) is 0.545. The first-order valence-corrected chi connectivity index (χ1v) is 5.57. The van der Waals surface area contributed by atoms with Crippen LogP contribution >= 0.6 is 11.6 Å². The van der Waals surface area contributed by atoms with Gasteiger partial charge in [-0.2, -0.15) is 0 Å². The van der Waals surface area contributed by atoms with Crippen molar-refractivity contribution in [3.63, 3.8) is 0 Å². The predicted molar refractivity (Wildman–Crippen MR) is 63.2 cm³/mol. The summed E-state index contributed by atoms with van der Waals surface area (Å²) < 4.78 is 9.80. The van der Waals surface area contributed by atoms with E-state index in [1.807, 2.05) is 0 Å². The smallest absolute Gasteiger partial charge is 0.287 e. The number of hydrogen-bond donors (Lipinski definition) is 2. The van der Waals surface area contributed by atoms with Crippen LogP contribution in [0.15, 0.2) is 16.5 Å². The standard InChI is InChI=1S/C11H16ClNO4/c1-11(15,5-6-16-2)7-13-10(14)8-3-4-9(12)17-8/h3-4,15H,5-7H2,1-2H3,(H,13,14). The summed E-state index contributed by atoms with van der Waals surface area (Å²) in [4.78, 5) is 11.6. The van der Waals surface area contributed by atoms with Gasteiger partial charge in [0, 0.05) is 26.7 Å². The van der Waals surface area contributed by atoms with Crippen LogP contribution in [0.2, 0.25) is 5.22 Å². The third-order valence-corrected chi connectivity index (χ3v) is 2.47. The van der Waals surface area contributed by atoms with Gasteiger partial charge in [-0.15, -0.1) is 0 Å². The van der Waals surface area contributed by atoms with Crippen LogP contribution in [0.25, 0.3) is 0 Å². The van der Waals surface area contributed by atoms with E-state index in [-0.39, 0.29) is 17.5 Å². The topological polar surface area (TPSA) is 71.7 Å². The number of nitrogens with one attached hydrogen (secondary N) is 1. The van der Waals surface area contributed by atoms with Crippen LogP contribution in [0, 0.1) is 0 Å². The van der Waals surface area contributed by atoms with Crippen molar-refractivity contribution in [1.82, 2.24) is 5.32 Å². The van der Waals surface area contributed by atoms with E-state index in [4.69, 9.17) is 20.8 Å². The predicted octanol–water partition coefficient (Wildman–Crippen LogP) is 1.45. The zero-order valence-electron chi connectivity index (χ0n) is 9.83. The minimum atomic E-state index is -1.01. The normalized spacial score (nSPS) is 14.4. The summed E-state index contributed by atoms with van der Waals surface area (Å²) in [7, 11) is 1.56. The molecule has 1 rings (SSSR count). The summed E-state index contributed by atoms with van der Waals surface area (Å²) in [5, 5.41) is 12.6. The number of hydrogen-bond acceptors (Lipinski definition) is 4. The van der Waals surface area contributed by atoms with Gasteiger partial charge in [-0.25, -0.2) is 0 Å². The zero-order valence-corrected chi connectivity index (χ0v) is 10.6. The van der Waals surface area contributed by atoms with E-state index in [1.165, 1.54) is 12.1 Å². The molecule has 1 unspecified atom stereocenters. The molecule has 0 spiro atoms. The summed E-state index contributed by atoms with van der Waals surface area (Å²) in [5.41, 5.74) is -1.01. The summed E-state index contributed by atoms with van der Waals surface area (Å²) in [6.07, 6.45) is 0.433. The van der Waals surface area contributed by atoms with Crippen LogP contribution in [0.4, 0.5) is 0 Å². The third kappa shape index (κ3) is 4.77. The van der Waals surface area contributed by atoms with Crippen molar-refractivity contribution in [3.05, 3.63) is 23.1 Å². The van der Waals surface area contributed by atoms with Gasteiger partial charge in [-0.05, 0) is 30.7 Å². The molecule has 0 fully saturated rings. The highest BCUT2D eigenvalue weighted by molar-refractivity contribution is 6.29. The number of rotatable bonds is 6. The fourth-order valence-corrected chi connectivity index (χ4v) is 1.35. The minimum absolute atomic E-state index is 0.119. The maximum absolute atomic E-state index is 11.6. The Morgan fingerprint density at radius 3 is 2.88 bits per heavy atom. The van der Waals surface area contributed by atoms with Crippen molar-refractivity contribution in [2.45, 2.75) is 18.9 Å². The van der Waals surface area contributed by atoms with Crippen LogP contribution in [-0.2, 0) is 4.74 Å². The second-order valence-corrected chi connectivity index (χ2v) is 4.40. The van der Waals surface area contributed by atoms with Crippen LogP contribution in [0.5, 0.6) is 0 Å². The molecule has 1 aromatic rings. The number of aliphatic hydroxyl groups is 1. The number of carbonyl (C=O) groups excluding carboxylic acids is 1. The van der Waals surface area contributed by atoms with Gasteiger partial charge in [0.25, 0.3) is 5.91 Å². The van der Waals surface area contributed by atoms with Gasteiger partial charge in [0.1, 0.15) is 0 Å². The summed E-state index contributed by atoms with van der Waals surface area (Å²) in [6, 6.07) is 2.96. The summed E-state index contributed by atoms with van der Waals surface area (Å²) >= 11 is 5.55. The molecule has 5 nitrogen and oxygen atoms in total. The second kappa shape index (κ2) is 6.05. The van der Waals surface area contributed by atoms with E-state index in [9.17, 15) is 9.90 Å². The highest BCUT2D eigenvalue weighted by Gasteiger charge is 2.22. The average molecular weight is 262 g/mol. The molecule has 0 aliphatic rings. The molecule has 0 saturated heterocycles. The van der Waals surface area contributed by atoms with Crippen molar-refractivity contribution in [2.24, 2.45) is 0 Å². The van der Waals surface area contributed by atoms with E-state index in [0.29, 0.717) is 13.0 Å². The molecule has 1 heterocycles. The lowest BCUT2D eigenvalue weighted by Gasteiger charge is -2.22. The Hall–Kier alpha value is -1.04. The molecule has 1 aromatic heterocycles. The van der Waals surface area contributed by atoms with Crippen molar-refractivity contribution in [1.29, 1.82) is 0 Å². The largest absolute Gasteiger partial charge is 0.440 e. The number of furan rings is 1. The molecule has 17 heavy (non-hydrogen) atoms. The number of halogens is 1. The Morgan fingerprint density at radius 1 is 1.65 bits per heavy atom. The Labute approximate surface area is 105 Å². The Kier molecular flexibility index (Phi) is 4.99. The molecular weight excluding hydrogens is 246 g/mol. The molecule has 0 aliphatic heterocycles. The molecule has 0 saturated carbocycles.